The highest BCUT2D eigenvalue weighted by Gasteiger charge is 2.42. The molecule has 2 N–H and O–H groups in total. The molecule has 0 saturated carbocycles. The van der Waals surface area contributed by atoms with E-state index in [1.807, 2.05) is 34.6 Å². The van der Waals surface area contributed by atoms with E-state index in [0.717, 1.165) is 12.8 Å². The van der Waals surface area contributed by atoms with Gasteiger partial charge in [0, 0.05) is 5.54 Å². The van der Waals surface area contributed by atoms with Crippen LogP contribution in [-0.4, -0.2) is 17.6 Å². The highest BCUT2D eigenvalue weighted by molar-refractivity contribution is 5.77. The Kier molecular flexibility index (Phi) is 6.90. The van der Waals surface area contributed by atoms with Crippen molar-refractivity contribution in [3.63, 3.8) is 0 Å². The van der Waals surface area contributed by atoms with Crippen LogP contribution in [0.15, 0.2) is 0 Å². The maximum Gasteiger partial charge on any atom is 0.313 e. The van der Waals surface area contributed by atoms with Gasteiger partial charge in [-0.1, -0.05) is 26.2 Å². The number of ether oxygens (including phenoxy) is 1. The number of esters is 1. The van der Waals surface area contributed by atoms with Crippen molar-refractivity contribution in [3.05, 3.63) is 0 Å². The van der Waals surface area contributed by atoms with E-state index < -0.39 is 11.0 Å². The molecule has 3 heteroatoms. The van der Waals surface area contributed by atoms with E-state index in [4.69, 9.17) is 10.5 Å². The highest BCUT2D eigenvalue weighted by Crippen LogP contribution is 2.30. The van der Waals surface area contributed by atoms with Crippen LogP contribution in [0.3, 0.4) is 0 Å². The first-order chi connectivity index (χ1) is 8.13. The molecule has 3 nitrogen and oxygen atoms in total. The molecule has 0 spiro atoms. The molecule has 1 unspecified atom stereocenters. The van der Waals surface area contributed by atoms with E-state index in [0.29, 0.717) is 0 Å². The Balaban J connectivity index is 4.15. The average Bonchev–Trinajstić information content (AvgIpc) is 2.22. The zero-order valence-electron chi connectivity index (χ0n) is 13.0. The predicted octanol–water partition coefficient (Wildman–Crippen LogP) is 3.65. The van der Waals surface area contributed by atoms with Crippen molar-refractivity contribution in [3.8, 4) is 0 Å². The molecule has 0 amide bonds. The molecule has 0 aliphatic heterocycles. The van der Waals surface area contributed by atoms with Crippen molar-refractivity contribution in [1.29, 1.82) is 0 Å². The Bertz CT molecular complexity index is 254. The molecule has 0 radical (unpaired) electrons. The monoisotopic (exact) mass is 257 g/mol. The number of hydrogen-bond donors (Lipinski definition) is 1. The standard InChI is InChI=1S/C15H31NO2/c1-7-8-9-10-11-12(2)18-13(17)14(3,4)15(5,6)16/h12H,7-11,16H2,1-6H3. The van der Waals surface area contributed by atoms with Crippen LogP contribution in [0.1, 0.15) is 73.6 Å². The van der Waals surface area contributed by atoms with Gasteiger partial charge in [0.15, 0.2) is 0 Å². The fourth-order valence-electron chi connectivity index (χ4n) is 1.51. The Morgan fingerprint density at radius 2 is 1.72 bits per heavy atom. The van der Waals surface area contributed by atoms with Crippen LogP contribution in [0.25, 0.3) is 0 Å². The zero-order chi connectivity index (χ0) is 14.4. The van der Waals surface area contributed by atoms with Crippen molar-refractivity contribution in [2.75, 3.05) is 0 Å². The molecule has 0 aromatic heterocycles. The lowest BCUT2D eigenvalue weighted by atomic mass is 9.75. The SMILES string of the molecule is CCCCCCC(C)OC(=O)C(C)(C)C(C)(C)N. The minimum Gasteiger partial charge on any atom is -0.462 e. The average molecular weight is 257 g/mol. The zero-order valence-corrected chi connectivity index (χ0v) is 13.0. The molecule has 1 atom stereocenters. The molecular formula is C15H31NO2. The second kappa shape index (κ2) is 7.13. The van der Waals surface area contributed by atoms with Gasteiger partial charge in [-0.15, -0.1) is 0 Å². The van der Waals surface area contributed by atoms with E-state index in [1.165, 1.54) is 19.3 Å². The molecular weight excluding hydrogens is 226 g/mol. The summed E-state index contributed by atoms with van der Waals surface area (Å²) in [4.78, 5) is 12.1. The van der Waals surface area contributed by atoms with Gasteiger partial charge in [-0.3, -0.25) is 4.79 Å². The lowest BCUT2D eigenvalue weighted by Gasteiger charge is -2.36. The molecule has 0 fully saturated rings. The van der Waals surface area contributed by atoms with Gasteiger partial charge in [-0.25, -0.2) is 0 Å². The van der Waals surface area contributed by atoms with Crippen LogP contribution in [0.2, 0.25) is 0 Å². The summed E-state index contributed by atoms with van der Waals surface area (Å²) >= 11 is 0. The molecule has 0 bridgehead atoms. The number of hydrogen-bond acceptors (Lipinski definition) is 3. The van der Waals surface area contributed by atoms with Gasteiger partial charge in [0.2, 0.25) is 0 Å². The van der Waals surface area contributed by atoms with Crippen LogP contribution < -0.4 is 5.73 Å². The Hall–Kier alpha value is -0.570. The number of unbranched alkanes of at least 4 members (excludes halogenated alkanes) is 3. The number of nitrogens with two attached hydrogens (primary N) is 1. The van der Waals surface area contributed by atoms with Crippen molar-refractivity contribution in [2.24, 2.45) is 11.1 Å². The first-order valence-electron chi connectivity index (χ1n) is 7.13. The lowest BCUT2D eigenvalue weighted by Crippen LogP contribution is -2.52. The third-order valence-corrected chi connectivity index (χ3v) is 3.89. The van der Waals surface area contributed by atoms with Crippen molar-refractivity contribution < 1.29 is 9.53 Å². The van der Waals surface area contributed by atoms with Crippen LogP contribution in [-0.2, 0) is 9.53 Å². The predicted molar refractivity (Wildman–Crippen MR) is 76.4 cm³/mol. The van der Waals surface area contributed by atoms with E-state index in [-0.39, 0.29) is 12.1 Å². The smallest absolute Gasteiger partial charge is 0.313 e. The molecule has 18 heavy (non-hydrogen) atoms. The van der Waals surface area contributed by atoms with Crippen LogP contribution in [0.5, 0.6) is 0 Å². The van der Waals surface area contributed by atoms with Crippen molar-refractivity contribution >= 4 is 5.97 Å². The Morgan fingerprint density at radius 3 is 2.17 bits per heavy atom. The quantitative estimate of drug-likeness (QED) is 0.533. The molecule has 0 aromatic rings. The Labute approximate surface area is 112 Å². The molecule has 0 aromatic carbocycles. The van der Waals surface area contributed by atoms with Gasteiger partial charge in [0.05, 0.1) is 11.5 Å². The first-order valence-corrected chi connectivity index (χ1v) is 7.13. The van der Waals surface area contributed by atoms with Crippen LogP contribution >= 0.6 is 0 Å². The topological polar surface area (TPSA) is 52.3 Å². The fourth-order valence-corrected chi connectivity index (χ4v) is 1.51. The summed E-state index contributed by atoms with van der Waals surface area (Å²) in [5, 5.41) is 0. The van der Waals surface area contributed by atoms with Crippen molar-refractivity contribution in [1.82, 2.24) is 0 Å². The lowest BCUT2D eigenvalue weighted by molar-refractivity contribution is -0.162. The fraction of sp³-hybridized carbons (Fsp3) is 0.933. The van der Waals surface area contributed by atoms with Gasteiger partial charge in [-0.05, 0) is 47.5 Å². The third kappa shape index (κ3) is 5.38. The van der Waals surface area contributed by atoms with Crippen LogP contribution in [0, 0.1) is 5.41 Å². The first kappa shape index (κ1) is 17.4. The Morgan fingerprint density at radius 1 is 1.17 bits per heavy atom. The number of rotatable bonds is 8. The molecule has 0 saturated heterocycles. The highest BCUT2D eigenvalue weighted by atomic mass is 16.5. The third-order valence-electron chi connectivity index (χ3n) is 3.89. The number of carbonyl (C=O) groups is 1. The maximum atomic E-state index is 12.1. The van der Waals surface area contributed by atoms with Crippen molar-refractivity contribution in [2.45, 2.75) is 85.3 Å². The minimum absolute atomic E-state index is 0.0176. The maximum absolute atomic E-state index is 12.1. The molecule has 0 aliphatic rings. The van der Waals surface area contributed by atoms with Crippen LogP contribution in [0.4, 0.5) is 0 Å². The molecule has 108 valence electrons. The summed E-state index contributed by atoms with van der Waals surface area (Å²) in [6.07, 6.45) is 5.73. The normalized spacial score (nSPS) is 14.4. The molecule has 0 aliphatic carbocycles. The molecule has 0 rings (SSSR count). The largest absolute Gasteiger partial charge is 0.462 e. The summed E-state index contributed by atoms with van der Waals surface area (Å²) in [6, 6.07) is 0. The van der Waals surface area contributed by atoms with E-state index >= 15 is 0 Å². The van der Waals surface area contributed by atoms with E-state index in [9.17, 15) is 4.79 Å². The summed E-state index contributed by atoms with van der Waals surface area (Å²) in [5.41, 5.74) is 4.79. The summed E-state index contributed by atoms with van der Waals surface area (Å²) < 4.78 is 5.50. The summed E-state index contributed by atoms with van der Waals surface area (Å²) in [5.74, 6) is -0.196. The van der Waals surface area contributed by atoms with Gasteiger partial charge in [0.1, 0.15) is 0 Å². The van der Waals surface area contributed by atoms with E-state index in [2.05, 4.69) is 6.92 Å². The van der Waals surface area contributed by atoms with Gasteiger partial charge in [0.25, 0.3) is 0 Å². The summed E-state index contributed by atoms with van der Waals surface area (Å²) in [7, 11) is 0. The van der Waals surface area contributed by atoms with E-state index in [1.54, 1.807) is 0 Å². The second-order valence-electron chi connectivity index (χ2n) is 6.41. The van der Waals surface area contributed by atoms with Gasteiger partial charge >= 0.3 is 5.97 Å². The van der Waals surface area contributed by atoms with Gasteiger partial charge < -0.3 is 10.5 Å². The summed E-state index contributed by atoms with van der Waals surface area (Å²) in [6.45, 7) is 11.6. The minimum atomic E-state index is -0.662. The second-order valence-corrected chi connectivity index (χ2v) is 6.41. The van der Waals surface area contributed by atoms with Gasteiger partial charge in [-0.2, -0.15) is 0 Å². The number of carbonyl (C=O) groups excluding carboxylic acids is 1. The molecule has 0 heterocycles.